The van der Waals surface area contributed by atoms with Crippen LogP contribution in [0.3, 0.4) is 0 Å². The van der Waals surface area contributed by atoms with Crippen LogP contribution >= 0.6 is 0 Å². The van der Waals surface area contributed by atoms with Gasteiger partial charge in [0, 0.05) is 54.2 Å². The molecule has 0 aliphatic carbocycles. The van der Waals surface area contributed by atoms with Crippen LogP contribution in [0, 0.1) is 52.2 Å². The van der Waals surface area contributed by atoms with Crippen LogP contribution in [-0.4, -0.2) is 18.3 Å². The Balaban J connectivity index is 0.000000160. The minimum absolute atomic E-state index is 0.0315. The van der Waals surface area contributed by atoms with Crippen LogP contribution in [0.5, 0.6) is 0 Å². The van der Waals surface area contributed by atoms with Gasteiger partial charge in [0.05, 0.1) is 80.0 Å². The van der Waals surface area contributed by atoms with Gasteiger partial charge in [0.15, 0.2) is 11.4 Å². The first-order chi connectivity index (χ1) is 47.1. The summed E-state index contributed by atoms with van der Waals surface area (Å²) in [5, 5.41) is 18.1. The molecular formula is C82H50F9N7. The number of benzene rings is 12. The maximum absolute atomic E-state index is 15.9. The van der Waals surface area contributed by atoms with Gasteiger partial charge in [-0.2, -0.15) is 44.8 Å². The lowest BCUT2D eigenvalue weighted by Crippen LogP contribution is -2.16. The number of nitrogens with zero attached hydrogens (tertiary/aromatic N) is 7. The van der Waals surface area contributed by atoms with E-state index in [4.69, 9.17) is 13.1 Å². The molecule has 7 nitrogen and oxygen atoms in total. The van der Waals surface area contributed by atoms with Gasteiger partial charge in [0.25, 0.3) is 0 Å². The average molecular weight is 1300 g/mol. The molecule has 16 aromatic rings. The fraction of sp³-hybridized carbons (Fsp3) is 0.0854. The maximum atomic E-state index is 15.9. The summed E-state index contributed by atoms with van der Waals surface area (Å²) >= 11 is 0. The van der Waals surface area contributed by atoms with Crippen molar-refractivity contribution in [3.63, 3.8) is 0 Å². The van der Waals surface area contributed by atoms with Crippen LogP contribution in [0.4, 0.5) is 50.9 Å². The molecule has 0 atom stereocenters. The molecule has 0 unspecified atom stereocenters. The summed E-state index contributed by atoms with van der Waals surface area (Å²) < 4.78 is 140. The first kappa shape index (κ1) is 61.8. The van der Waals surface area contributed by atoms with Gasteiger partial charge >= 0.3 is 18.5 Å². The van der Waals surface area contributed by atoms with Crippen LogP contribution in [0.15, 0.2) is 231 Å². The van der Waals surface area contributed by atoms with Crippen LogP contribution in [-0.2, 0) is 18.5 Å². The monoisotopic (exact) mass is 1300 g/mol. The molecule has 0 aliphatic rings. The molecule has 12 aromatic carbocycles. The van der Waals surface area contributed by atoms with Gasteiger partial charge in [-0.3, -0.25) is 0 Å². The molecule has 0 fully saturated rings. The van der Waals surface area contributed by atoms with Crippen LogP contribution < -0.4 is 0 Å². The maximum Gasteiger partial charge on any atom is 0.420 e. The number of rotatable bonds is 6. The lowest BCUT2D eigenvalue weighted by Gasteiger charge is -2.23. The van der Waals surface area contributed by atoms with E-state index in [9.17, 15) is 31.6 Å². The average Bonchev–Trinajstić information content (AvgIpc) is 1.54. The quantitative estimate of drug-likeness (QED) is 0.121. The van der Waals surface area contributed by atoms with E-state index in [0.717, 1.165) is 112 Å². The topological polar surface area (TPSA) is 52.2 Å². The Labute approximate surface area is 554 Å². The zero-order chi connectivity index (χ0) is 68.4. The first-order valence-electron chi connectivity index (χ1n) is 31.1. The summed E-state index contributed by atoms with van der Waals surface area (Å²) in [6.07, 6.45) is -14.4. The van der Waals surface area contributed by atoms with E-state index < -0.39 is 35.2 Å². The molecule has 16 heteroatoms. The molecule has 4 heterocycles. The second kappa shape index (κ2) is 23.0. The van der Waals surface area contributed by atoms with E-state index >= 15 is 13.2 Å². The Morgan fingerprint density at radius 3 is 0.857 bits per heavy atom. The van der Waals surface area contributed by atoms with Gasteiger partial charge in [0.2, 0.25) is 0 Å². The van der Waals surface area contributed by atoms with Crippen molar-refractivity contribution < 1.29 is 39.5 Å². The number of hydrogen-bond acceptors (Lipinski definition) is 1. The van der Waals surface area contributed by atoms with Gasteiger partial charge < -0.3 is 18.3 Å². The van der Waals surface area contributed by atoms with Crippen molar-refractivity contribution in [1.82, 2.24) is 18.3 Å². The number of fused-ring (bicyclic) bond motifs is 12. The van der Waals surface area contributed by atoms with E-state index in [1.165, 1.54) is 24.3 Å². The molecule has 0 saturated heterocycles. The standard InChI is InChI=1S/C41H25F6N3.C41H25F3N4/c1-23-10-8-16-33-37(23)29-12-4-6-14-31(29)49(33)35-20-26(25-18-27(40(42,43)44)22-28(19-25)48-3)21-36(39(35)41(45,46)47)50-32-15-7-5-13-30(32)38-24(2)11-9-17-34(38)50;1-24-10-8-16-35-39(24)30-12-4-6-14-33(30)47(35)37-20-27(26-18-28(41(42,43)44)22-29(19-26)46-3)21-38(32(37)23-45)48-34-15-7-5-13-31(34)40-25(2)11-9-17-36(40)48/h4-22H,1-2H3;4-22H,1-2H3. The number of aryl methyl sites for hydroxylation is 4. The number of halogens is 9. The van der Waals surface area contributed by atoms with Crippen LogP contribution in [0.1, 0.15) is 44.5 Å². The minimum Gasteiger partial charge on any atom is -0.309 e. The molecule has 476 valence electrons. The van der Waals surface area contributed by atoms with Crippen molar-refractivity contribution in [3.8, 4) is 51.1 Å². The third-order valence-corrected chi connectivity index (χ3v) is 18.6. The van der Waals surface area contributed by atoms with Gasteiger partial charge in [-0.25, -0.2) is 9.69 Å². The lowest BCUT2D eigenvalue weighted by molar-refractivity contribution is -0.138. The van der Waals surface area contributed by atoms with Gasteiger partial charge in [0.1, 0.15) is 17.2 Å². The highest BCUT2D eigenvalue weighted by Gasteiger charge is 2.40. The Morgan fingerprint density at radius 1 is 0.316 bits per heavy atom. The number of alkyl halides is 9. The highest BCUT2D eigenvalue weighted by Crippen LogP contribution is 2.49. The molecule has 0 amide bonds. The fourth-order valence-electron chi connectivity index (χ4n) is 14.5. The minimum atomic E-state index is -4.91. The molecule has 0 radical (unpaired) electrons. The van der Waals surface area contributed by atoms with Crippen molar-refractivity contribution in [2.24, 2.45) is 0 Å². The highest BCUT2D eigenvalue weighted by molar-refractivity contribution is 6.15. The second-order valence-corrected chi connectivity index (χ2v) is 24.4. The van der Waals surface area contributed by atoms with Crippen LogP contribution in [0.25, 0.3) is 142 Å². The number of para-hydroxylation sites is 4. The molecule has 0 spiro atoms. The van der Waals surface area contributed by atoms with Gasteiger partial charge in [-0.15, -0.1) is 0 Å². The SMILES string of the molecule is [C-]#[N+]c1cc(-c2cc(-n3c4ccccc4c4c(C)cccc43)c(C#N)c(-n3c4ccccc4c4c(C)cccc43)c2)cc(C(F)(F)F)c1.[C-]#[N+]c1cc(-c2cc(-n3c4ccccc4c4c(C)cccc43)c(C(F)(F)F)c(-n3c4ccccc4c4c(C)cccc43)c2)cc(C(F)(F)F)c1. The molecule has 0 saturated carbocycles. The first-order valence-corrected chi connectivity index (χ1v) is 31.1. The van der Waals surface area contributed by atoms with Crippen molar-refractivity contribution in [3.05, 3.63) is 298 Å². The molecule has 98 heavy (non-hydrogen) atoms. The Hall–Kier alpha value is -12.3. The van der Waals surface area contributed by atoms with E-state index in [-0.39, 0.29) is 39.4 Å². The van der Waals surface area contributed by atoms with Gasteiger partial charge in [-0.1, -0.05) is 121 Å². The summed E-state index contributed by atoms with van der Waals surface area (Å²) in [5.41, 5.74) is 7.74. The fourth-order valence-corrected chi connectivity index (χ4v) is 14.5. The van der Waals surface area contributed by atoms with Crippen LogP contribution in [0.2, 0.25) is 0 Å². The zero-order valence-corrected chi connectivity index (χ0v) is 52.5. The third-order valence-electron chi connectivity index (χ3n) is 18.6. The molecule has 0 N–H and O–H groups in total. The second-order valence-electron chi connectivity index (χ2n) is 24.4. The van der Waals surface area contributed by atoms with Crippen molar-refractivity contribution in [1.29, 1.82) is 5.26 Å². The summed E-state index contributed by atoms with van der Waals surface area (Å²) in [6.45, 7) is 23.0. The molecule has 0 aliphatic heterocycles. The predicted octanol–water partition coefficient (Wildman–Crippen LogP) is 24.4. The summed E-state index contributed by atoms with van der Waals surface area (Å²) in [5.74, 6) is 0. The van der Waals surface area contributed by atoms with E-state index in [0.29, 0.717) is 44.6 Å². The highest BCUT2D eigenvalue weighted by atomic mass is 19.4. The number of nitriles is 1. The van der Waals surface area contributed by atoms with E-state index in [1.54, 1.807) is 69.8 Å². The molecule has 4 aromatic heterocycles. The summed E-state index contributed by atoms with van der Waals surface area (Å²) in [4.78, 5) is 6.65. The lowest BCUT2D eigenvalue weighted by atomic mass is 9.97. The van der Waals surface area contributed by atoms with Gasteiger partial charge in [-0.05, 0) is 181 Å². The van der Waals surface area contributed by atoms with E-state index in [2.05, 4.69) is 15.8 Å². The van der Waals surface area contributed by atoms with Crippen molar-refractivity contribution in [2.75, 3.05) is 0 Å². The zero-order valence-electron chi connectivity index (χ0n) is 52.5. The Bertz CT molecular complexity index is 5900. The molecule has 16 rings (SSSR count). The Kier molecular flexibility index (Phi) is 14.5. The number of hydrogen-bond donors (Lipinski definition) is 0. The molecule has 0 bridgehead atoms. The van der Waals surface area contributed by atoms with Crippen molar-refractivity contribution in [2.45, 2.75) is 46.2 Å². The summed E-state index contributed by atoms with van der Waals surface area (Å²) in [7, 11) is 0. The molecular weight excluding hydrogens is 1250 g/mol. The normalized spacial score (nSPS) is 12.1. The van der Waals surface area contributed by atoms with E-state index in [1.807, 2.05) is 158 Å². The Morgan fingerprint density at radius 2 is 0.582 bits per heavy atom. The summed E-state index contributed by atoms with van der Waals surface area (Å²) in [6, 6.07) is 68.0. The predicted molar refractivity (Wildman–Crippen MR) is 372 cm³/mol. The smallest absolute Gasteiger partial charge is 0.309 e. The number of aromatic nitrogens is 4. The largest absolute Gasteiger partial charge is 0.420 e. The van der Waals surface area contributed by atoms with Crippen molar-refractivity contribution >= 4 is 98.6 Å². The third kappa shape index (κ3) is 9.96.